The van der Waals surface area contributed by atoms with E-state index in [2.05, 4.69) is 4.98 Å². The van der Waals surface area contributed by atoms with Crippen LogP contribution in [0.2, 0.25) is 0 Å². The molecule has 1 aromatic heterocycles. The van der Waals surface area contributed by atoms with Gasteiger partial charge >= 0.3 is 0 Å². The first-order valence-electron chi connectivity index (χ1n) is 5.45. The molecule has 1 aromatic rings. The van der Waals surface area contributed by atoms with Crippen molar-refractivity contribution in [2.24, 2.45) is 0 Å². The Morgan fingerprint density at radius 2 is 2.24 bits per heavy atom. The van der Waals surface area contributed by atoms with Crippen LogP contribution >= 0.6 is 0 Å². The Morgan fingerprint density at radius 1 is 1.53 bits per heavy atom. The van der Waals surface area contributed by atoms with Crippen molar-refractivity contribution in [3.05, 3.63) is 12.5 Å². The molecule has 0 unspecified atom stereocenters. The van der Waals surface area contributed by atoms with Crippen LogP contribution in [0.15, 0.2) is 17.6 Å². The van der Waals surface area contributed by atoms with Crippen molar-refractivity contribution in [3.8, 4) is 6.07 Å². The van der Waals surface area contributed by atoms with E-state index in [4.69, 9.17) is 5.26 Å². The summed E-state index contributed by atoms with van der Waals surface area (Å²) in [6.07, 6.45) is 3.18. The average molecular weight is 256 g/mol. The van der Waals surface area contributed by atoms with E-state index in [-0.39, 0.29) is 18.0 Å². The predicted molar refractivity (Wildman–Crippen MR) is 62.6 cm³/mol. The molecule has 94 valence electrons. The first-order chi connectivity index (χ1) is 8.06. The summed E-state index contributed by atoms with van der Waals surface area (Å²) in [7, 11) is -3.56. The third kappa shape index (κ3) is 3.05. The molecular formula is C10H16N4O2S. The number of hydrogen-bond acceptors (Lipinski definition) is 4. The Labute approximate surface area is 102 Å². The molecule has 0 aromatic carbocycles. The van der Waals surface area contributed by atoms with E-state index in [9.17, 15) is 8.42 Å². The van der Waals surface area contributed by atoms with Gasteiger partial charge in [0.2, 0.25) is 0 Å². The van der Waals surface area contributed by atoms with Crippen LogP contribution in [0.25, 0.3) is 0 Å². The molecule has 0 amide bonds. The van der Waals surface area contributed by atoms with Gasteiger partial charge in [-0.1, -0.05) is 6.92 Å². The molecule has 1 heterocycles. The molecule has 0 radical (unpaired) electrons. The molecule has 0 N–H and O–H groups in total. The van der Waals surface area contributed by atoms with Crippen LogP contribution in [0.3, 0.4) is 0 Å². The summed E-state index contributed by atoms with van der Waals surface area (Å²) in [6, 6.07) is 1.94. The Morgan fingerprint density at radius 3 is 2.71 bits per heavy atom. The van der Waals surface area contributed by atoms with Crippen molar-refractivity contribution in [1.29, 1.82) is 5.26 Å². The van der Waals surface area contributed by atoms with Crippen LogP contribution in [-0.4, -0.2) is 35.4 Å². The van der Waals surface area contributed by atoms with Crippen LogP contribution in [0.1, 0.15) is 20.3 Å². The average Bonchev–Trinajstić information content (AvgIpc) is 2.79. The van der Waals surface area contributed by atoms with Gasteiger partial charge in [-0.2, -0.15) is 9.57 Å². The number of nitrogens with zero attached hydrogens (tertiary/aromatic N) is 4. The monoisotopic (exact) mass is 256 g/mol. The maximum absolute atomic E-state index is 12.1. The van der Waals surface area contributed by atoms with Gasteiger partial charge < -0.3 is 4.57 Å². The van der Waals surface area contributed by atoms with E-state index in [0.717, 1.165) is 0 Å². The summed E-state index contributed by atoms with van der Waals surface area (Å²) < 4.78 is 27.2. The minimum atomic E-state index is -3.56. The highest BCUT2D eigenvalue weighted by Crippen LogP contribution is 2.13. The highest BCUT2D eigenvalue weighted by atomic mass is 32.2. The molecule has 0 aliphatic rings. The molecule has 0 spiro atoms. The number of rotatable bonds is 6. The molecule has 6 nitrogen and oxygen atoms in total. The summed E-state index contributed by atoms with van der Waals surface area (Å²) in [4.78, 5) is 3.89. The lowest BCUT2D eigenvalue weighted by atomic mass is 10.5. The van der Waals surface area contributed by atoms with Gasteiger partial charge in [-0.05, 0) is 6.92 Å². The zero-order valence-electron chi connectivity index (χ0n) is 10.00. The highest BCUT2D eigenvalue weighted by Gasteiger charge is 2.24. The fraction of sp³-hybridized carbons (Fsp3) is 0.600. The van der Waals surface area contributed by atoms with E-state index >= 15 is 0 Å². The van der Waals surface area contributed by atoms with Gasteiger partial charge in [0.25, 0.3) is 10.0 Å². The van der Waals surface area contributed by atoms with Gasteiger partial charge in [-0.15, -0.1) is 0 Å². The molecule has 0 aliphatic heterocycles. The molecule has 7 heteroatoms. The zero-order valence-corrected chi connectivity index (χ0v) is 10.8. The summed E-state index contributed by atoms with van der Waals surface area (Å²) in [5, 5.41) is 8.54. The molecule has 0 aliphatic carbocycles. The Balaban J connectivity index is 2.96. The number of hydrogen-bond donors (Lipinski definition) is 0. The van der Waals surface area contributed by atoms with Crippen LogP contribution in [0.4, 0.5) is 0 Å². The maximum Gasteiger partial charge on any atom is 0.262 e. The van der Waals surface area contributed by atoms with Gasteiger partial charge in [0.05, 0.1) is 12.4 Å². The largest absolute Gasteiger partial charge is 0.336 e. The van der Waals surface area contributed by atoms with Gasteiger partial charge in [0.1, 0.15) is 0 Å². The number of nitriles is 1. The number of sulfonamides is 1. The Kier molecular flexibility index (Phi) is 4.66. The van der Waals surface area contributed by atoms with Crippen LogP contribution in [0.5, 0.6) is 0 Å². The van der Waals surface area contributed by atoms with Crippen molar-refractivity contribution >= 4 is 10.0 Å². The van der Waals surface area contributed by atoms with Crippen molar-refractivity contribution in [1.82, 2.24) is 13.9 Å². The fourth-order valence-corrected chi connectivity index (χ4v) is 2.79. The highest BCUT2D eigenvalue weighted by molar-refractivity contribution is 7.89. The Bertz CT molecular complexity index is 501. The van der Waals surface area contributed by atoms with Gasteiger partial charge in [0, 0.05) is 32.3 Å². The smallest absolute Gasteiger partial charge is 0.262 e. The standard InChI is InChI=1S/C10H16N4O2S/c1-3-13-8-10(12-9-13)17(15,16)14(4-2)7-5-6-11/h8-9H,3-5,7H2,1-2H3. The van der Waals surface area contributed by atoms with Crippen molar-refractivity contribution in [3.63, 3.8) is 0 Å². The van der Waals surface area contributed by atoms with Gasteiger partial charge in [0.15, 0.2) is 5.03 Å². The molecule has 0 atom stereocenters. The molecule has 1 rings (SSSR count). The normalized spacial score (nSPS) is 11.6. The number of aromatic nitrogens is 2. The predicted octanol–water partition coefficient (Wildman–Crippen LogP) is 0.827. The molecule has 0 bridgehead atoms. The van der Waals surface area contributed by atoms with Gasteiger partial charge in [-0.3, -0.25) is 0 Å². The third-order valence-corrected chi connectivity index (χ3v) is 4.26. The van der Waals surface area contributed by atoms with Crippen LogP contribution < -0.4 is 0 Å². The fourth-order valence-electron chi connectivity index (χ4n) is 1.40. The first kappa shape index (κ1) is 13.7. The minimum Gasteiger partial charge on any atom is -0.336 e. The molecular weight excluding hydrogens is 240 g/mol. The summed E-state index contributed by atoms with van der Waals surface area (Å²) in [6.45, 7) is 4.86. The Hall–Kier alpha value is -1.39. The lowest BCUT2D eigenvalue weighted by molar-refractivity contribution is 0.433. The first-order valence-corrected chi connectivity index (χ1v) is 6.89. The topological polar surface area (TPSA) is 79.0 Å². The number of aryl methyl sites for hydroxylation is 1. The van der Waals surface area contributed by atoms with E-state index in [1.165, 1.54) is 16.8 Å². The lowest BCUT2D eigenvalue weighted by Gasteiger charge is -2.17. The zero-order chi connectivity index (χ0) is 12.9. The van der Waals surface area contributed by atoms with Crippen LogP contribution in [-0.2, 0) is 16.6 Å². The third-order valence-electron chi connectivity index (χ3n) is 2.40. The van der Waals surface area contributed by atoms with Gasteiger partial charge in [-0.25, -0.2) is 13.4 Å². The summed E-state index contributed by atoms with van der Waals surface area (Å²) >= 11 is 0. The van der Waals surface area contributed by atoms with E-state index in [1.54, 1.807) is 11.5 Å². The molecule has 0 fully saturated rings. The van der Waals surface area contributed by atoms with Crippen molar-refractivity contribution in [2.45, 2.75) is 31.8 Å². The van der Waals surface area contributed by atoms with E-state index < -0.39 is 10.0 Å². The molecule has 0 saturated carbocycles. The van der Waals surface area contributed by atoms with Crippen molar-refractivity contribution in [2.75, 3.05) is 13.1 Å². The molecule has 0 saturated heterocycles. The minimum absolute atomic E-state index is 0.0409. The second kappa shape index (κ2) is 5.80. The lowest BCUT2D eigenvalue weighted by Crippen LogP contribution is -2.32. The SMILES string of the molecule is CCN(CCC#N)S(=O)(=O)c1cn(CC)cn1. The van der Waals surface area contributed by atoms with Crippen LogP contribution in [0, 0.1) is 11.3 Å². The quantitative estimate of drug-likeness (QED) is 0.755. The summed E-state index contributed by atoms with van der Waals surface area (Å²) in [5.74, 6) is 0. The second-order valence-corrected chi connectivity index (χ2v) is 5.33. The number of imidazole rings is 1. The molecule has 17 heavy (non-hydrogen) atoms. The van der Waals surface area contributed by atoms with Crippen molar-refractivity contribution < 1.29 is 8.42 Å². The second-order valence-electron chi connectivity index (χ2n) is 3.45. The summed E-state index contributed by atoms with van der Waals surface area (Å²) in [5.41, 5.74) is 0. The van der Waals surface area contributed by atoms with E-state index in [1.807, 2.05) is 13.0 Å². The maximum atomic E-state index is 12.1. The van der Waals surface area contributed by atoms with E-state index in [0.29, 0.717) is 13.1 Å².